The highest BCUT2D eigenvalue weighted by molar-refractivity contribution is 6.31. The average Bonchev–Trinajstić information content (AvgIpc) is 2.42. The molecule has 0 aliphatic heterocycles. The van der Waals surface area contributed by atoms with E-state index in [1.807, 2.05) is 0 Å². The first kappa shape index (κ1) is 17.0. The third-order valence-corrected chi connectivity index (χ3v) is 3.29. The molecule has 0 spiro atoms. The number of aromatic nitrogens is 2. The Morgan fingerprint density at radius 3 is 2.61 bits per heavy atom. The number of anilines is 1. The van der Waals surface area contributed by atoms with E-state index in [0.29, 0.717) is 10.7 Å². The number of alkyl halides is 3. The monoisotopic (exact) mass is 343 g/mol. The number of hydrogen-bond donors (Lipinski definition) is 2. The van der Waals surface area contributed by atoms with Crippen LogP contribution in [0.2, 0.25) is 5.02 Å². The Bertz CT molecular complexity index is 759. The minimum Gasteiger partial charge on any atom is -0.369 e. The van der Waals surface area contributed by atoms with Gasteiger partial charge >= 0.3 is 6.18 Å². The van der Waals surface area contributed by atoms with E-state index < -0.39 is 11.9 Å². The number of aliphatic imine (C=N–C) groups is 1. The number of nitrogens with two attached hydrogens (primary N) is 1. The maximum atomic E-state index is 12.7. The second-order valence-corrected chi connectivity index (χ2v) is 5.13. The summed E-state index contributed by atoms with van der Waals surface area (Å²) in [5.74, 6) is -0.518. The molecule has 9 heteroatoms. The maximum absolute atomic E-state index is 12.7. The highest BCUT2D eigenvalue weighted by Gasteiger charge is 2.33. The lowest BCUT2D eigenvalue weighted by atomic mass is 10.2. The molecule has 1 aromatic heterocycles. The van der Waals surface area contributed by atoms with Crippen molar-refractivity contribution in [3.63, 3.8) is 0 Å². The molecule has 0 saturated carbocycles. The fraction of sp³-hybridized carbons (Fsp3) is 0.214. The summed E-state index contributed by atoms with van der Waals surface area (Å²) in [6.07, 6.45) is -4.58. The summed E-state index contributed by atoms with van der Waals surface area (Å²) in [6.45, 7) is 3.18. The van der Waals surface area contributed by atoms with Crippen LogP contribution in [-0.2, 0) is 6.18 Å². The van der Waals surface area contributed by atoms with Gasteiger partial charge in [0.15, 0.2) is 0 Å². The smallest absolute Gasteiger partial charge is 0.369 e. The predicted molar refractivity (Wildman–Crippen MR) is 82.9 cm³/mol. The third-order valence-electron chi connectivity index (χ3n) is 2.88. The number of hydrogen-bond acceptors (Lipinski definition) is 3. The Morgan fingerprint density at radius 2 is 1.96 bits per heavy atom. The molecule has 1 heterocycles. The van der Waals surface area contributed by atoms with E-state index in [0.717, 1.165) is 11.6 Å². The van der Waals surface area contributed by atoms with Gasteiger partial charge in [-0.05, 0) is 37.6 Å². The van der Waals surface area contributed by atoms with E-state index in [9.17, 15) is 13.2 Å². The Morgan fingerprint density at radius 1 is 1.26 bits per heavy atom. The van der Waals surface area contributed by atoms with Crippen molar-refractivity contribution in [2.75, 3.05) is 5.32 Å². The Kier molecular flexibility index (Phi) is 4.74. The molecule has 0 saturated heterocycles. The zero-order valence-electron chi connectivity index (χ0n) is 12.2. The molecule has 122 valence electrons. The number of nitrogens with one attached hydrogen (secondary N) is 1. The summed E-state index contributed by atoms with van der Waals surface area (Å²) < 4.78 is 38.2. The number of halogens is 4. The molecule has 0 bridgehead atoms. The molecule has 1 aromatic carbocycles. The Balaban J connectivity index is 2.31. The molecule has 2 rings (SSSR count). The SMILES string of the molecule is Cc1cc(C(F)(F)F)nc(N=C(N)Nc2cccc(Cl)c2C)n1. The molecule has 0 atom stereocenters. The quantitative estimate of drug-likeness (QED) is 0.642. The van der Waals surface area contributed by atoms with Gasteiger partial charge in [0.1, 0.15) is 5.69 Å². The fourth-order valence-electron chi connectivity index (χ4n) is 1.76. The highest BCUT2D eigenvalue weighted by atomic mass is 35.5. The summed E-state index contributed by atoms with van der Waals surface area (Å²) >= 11 is 5.98. The van der Waals surface area contributed by atoms with Crippen molar-refractivity contribution in [2.24, 2.45) is 10.7 Å². The first-order valence-electron chi connectivity index (χ1n) is 6.46. The lowest BCUT2D eigenvalue weighted by molar-refractivity contribution is -0.141. The van der Waals surface area contributed by atoms with Crippen LogP contribution in [-0.4, -0.2) is 15.9 Å². The number of aryl methyl sites for hydroxylation is 1. The van der Waals surface area contributed by atoms with Crippen molar-refractivity contribution < 1.29 is 13.2 Å². The zero-order valence-corrected chi connectivity index (χ0v) is 13.0. The van der Waals surface area contributed by atoms with Crippen LogP contribution in [0.25, 0.3) is 0 Å². The van der Waals surface area contributed by atoms with Gasteiger partial charge in [-0.2, -0.15) is 18.2 Å². The largest absolute Gasteiger partial charge is 0.433 e. The summed E-state index contributed by atoms with van der Waals surface area (Å²) in [6, 6.07) is 5.95. The minimum atomic E-state index is -4.58. The highest BCUT2D eigenvalue weighted by Crippen LogP contribution is 2.29. The van der Waals surface area contributed by atoms with E-state index >= 15 is 0 Å². The standard InChI is InChI=1S/C14H13ClF3N5/c1-7-6-11(14(16,17)18)22-13(20-7)23-12(19)21-10-5-3-4-9(15)8(10)2/h3-6H,1-2H3,(H3,19,20,21,22,23). The molecule has 0 aliphatic rings. The van der Waals surface area contributed by atoms with Crippen LogP contribution >= 0.6 is 11.6 Å². The lowest BCUT2D eigenvalue weighted by Gasteiger charge is -2.10. The van der Waals surface area contributed by atoms with Crippen molar-refractivity contribution in [1.82, 2.24) is 9.97 Å². The van der Waals surface area contributed by atoms with Crippen molar-refractivity contribution in [3.05, 3.63) is 46.2 Å². The molecule has 0 aliphatic carbocycles. The van der Waals surface area contributed by atoms with Gasteiger partial charge in [0, 0.05) is 16.4 Å². The van der Waals surface area contributed by atoms with Gasteiger partial charge in [-0.1, -0.05) is 17.7 Å². The van der Waals surface area contributed by atoms with Crippen LogP contribution in [0.5, 0.6) is 0 Å². The summed E-state index contributed by atoms with van der Waals surface area (Å²) in [4.78, 5) is 11.0. The third kappa shape index (κ3) is 4.32. The van der Waals surface area contributed by atoms with Crippen molar-refractivity contribution in [1.29, 1.82) is 0 Å². The van der Waals surface area contributed by atoms with Gasteiger partial charge in [0.2, 0.25) is 5.96 Å². The predicted octanol–water partition coefficient (Wildman–Crippen LogP) is 3.82. The van der Waals surface area contributed by atoms with Gasteiger partial charge in [0.05, 0.1) is 0 Å². The molecule has 23 heavy (non-hydrogen) atoms. The van der Waals surface area contributed by atoms with Gasteiger partial charge in [-0.25, -0.2) is 9.97 Å². The Labute approximate surface area is 135 Å². The van der Waals surface area contributed by atoms with Crippen LogP contribution in [0.4, 0.5) is 24.8 Å². The molecule has 3 N–H and O–H groups in total. The van der Waals surface area contributed by atoms with E-state index in [1.165, 1.54) is 6.92 Å². The van der Waals surface area contributed by atoms with E-state index in [-0.39, 0.29) is 17.6 Å². The molecule has 2 aromatic rings. The number of guanidine groups is 1. The average molecular weight is 344 g/mol. The molecule has 0 unspecified atom stereocenters. The number of benzene rings is 1. The van der Waals surface area contributed by atoms with Crippen LogP contribution in [0.1, 0.15) is 17.0 Å². The van der Waals surface area contributed by atoms with Crippen LogP contribution in [0.15, 0.2) is 29.3 Å². The molecular formula is C14H13ClF3N5. The molecule has 0 fully saturated rings. The summed E-state index contributed by atoms with van der Waals surface area (Å²) in [5.41, 5.74) is 6.08. The minimum absolute atomic E-state index is 0.137. The number of nitrogens with zero attached hydrogens (tertiary/aromatic N) is 3. The van der Waals surface area contributed by atoms with E-state index in [1.54, 1.807) is 25.1 Å². The van der Waals surface area contributed by atoms with Crippen LogP contribution < -0.4 is 11.1 Å². The molecule has 0 radical (unpaired) electrons. The van der Waals surface area contributed by atoms with E-state index in [4.69, 9.17) is 17.3 Å². The van der Waals surface area contributed by atoms with Crippen molar-refractivity contribution in [3.8, 4) is 0 Å². The normalized spacial score (nSPS) is 12.3. The summed E-state index contributed by atoms with van der Waals surface area (Å²) in [7, 11) is 0. The zero-order chi connectivity index (χ0) is 17.2. The van der Waals surface area contributed by atoms with Gasteiger partial charge in [-0.3, -0.25) is 0 Å². The second-order valence-electron chi connectivity index (χ2n) is 4.73. The second kappa shape index (κ2) is 6.41. The lowest BCUT2D eigenvalue weighted by Crippen LogP contribution is -2.23. The maximum Gasteiger partial charge on any atom is 0.433 e. The van der Waals surface area contributed by atoms with Gasteiger partial charge in [0.25, 0.3) is 5.95 Å². The van der Waals surface area contributed by atoms with Crippen LogP contribution in [0.3, 0.4) is 0 Å². The topological polar surface area (TPSA) is 76.2 Å². The molecular weight excluding hydrogens is 331 g/mol. The van der Waals surface area contributed by atoms with Crippen molar-refractivity contribution >= 4 is 29.2 Å². The number of rotatable bonds is 2. The van der Waals surface area contributed by atoms with Crippen LogP contribution in [0, 0.1) is 13.8 Å². The molecule has 0 amide bonds. The van der Waals surface area contributed by atoms with E-state index in [2.05, 4.69) is 20.3 Å². The summed E-state index contributed by atoms with van der Waals surface area (Å²) in [5, 5.41) is 3.28. The van der Waals surface area contributed by atoms with Crippen molar-refractivity contribution in [2.45, 2.75) is 20.0 Å². The van der Waals surface area contributed by atoms with Gasteiger partial charge < -0.3 is 11.1 Å². The molecule has 5 nitrogen and oxygen atoms in total. The Hall–Kier alpha value is -2.35. The van der Waals surface area contributed by atoms with Gasteiger partial charge in [-0.15, -0.1) is 0 Å². The fourth-order valence-corrected chi connectivity index (χ4v) is 1.94. The first-order valence-corrected chi connectivity index (χ1v) is 6.84. The first-order chi connectivity index (χ1) is 10.7.